The van der Waals surface area contributed by atoms with Crippen molar-refractivity contribution in [2.75, 3.05) is 0 Å². The number of hydrogen-bond acceptors (Lipinski definition) is 5. The molecule has 2 heterocycles. The van der Waals surface area contributed by atoms with Gasteiger partial charge < -0.3 is 15.2 Å². The van der Waals surface area contributed by atoms with Gasteiger partial charge in [0.2, 0.25) is 0 Å². The summed E-state index contributed by atoms with van der Waals surface area (Å²) in [6.45, 7) is 5.58. The molecule has 0 atom stereocenters. The molecule has 3 N–H and O–H groups in total. The maximum absolute atomic E-state index is 12.0. The quantitative estimate of drug-likeness (QED) is 0.800. The molecular formula is C17H25ClN4O2. The number of hydrogen-bond donors (Lipinski definition) is 2. The Morgan fingerprint density at radius 3 is 2.62 bits per heavy atom. The van der Waals surface area contributed by atoms with Crippen molar-refractivity contribution in [1.29, 1.82) is 0 Å². The van der Waals surface area contributed by atoms with Crippen LogP contribution in [0.4, 0.5) is 0 Å². The van der Waals surface area contributed by atoms with E-state index in [4.69, 9.17) is 10.3 Å². The molecule has 24 heavy (non-hydrogen) atoms. The van der Waals surface area contributed by atoms with E-state index in [-0.39, 0.29) is 18.2 Å². The average Bonchev–Trinajstić information content (AvgIpc) is 3.18. The summed E-state index contributed by atoms with van der Waals surface area (Å²) in [5.41, 5.74) is 9.24. The Bertz CT molecular complexity index is 729. The Labute approximate surface area is 148 Å². The predicted octanol–water partition coefficient (Wildman–Crippen LogP) is 3.68. The van der Waals surface area contributed by atoms with Crippen LogP contribution in [0.5, 0.6) is 0 Å². The summed E-state index contributed by atoms with van der Waals surface area (Å²) >= 11 is 0. The van der Waals surface area contributed by atoms with E-state index in [0.717, 1.165) is 61.0 Å². The van der Waals surface area contributed by atoms with E-state index in [1.165, 1.54) is 0 Å². The lowest BCUT2D eigenvalue weighted by molar-refractivity contribution is 0.101. The van der Waals surface area contributed by atoms with Crippen molar-refractivity contribution < 1.29 is 9.32 Å². The number of nitrogens with zero attached hydrogens (tertiary/aromatic N) is 2. The summed E-state index contributed by atoms with van der Waals surface area (Å²) < 4.78 is 5.48. The summed E-state index contributed by atoms with van der Waals surface area (Å²) in [5, 5.41) is 4.12. The van der Waals surface area contributed by atoms with Gasteiger partial charge >= 0.3 is 0 Å². The first-order chi connectivity index (χ1) is 11.0. The van der Waals surface area contributed by atoms with E-state index in [1.807, 2.05) is 6.92 Å². The molecule has 0 aromatic carbocycles. The van der Waals surface area contributed by atoms with Gasteiger partial charge in [0.25, 0.3) is 5.89 Å². The number of carbonyl (C=O) groups excluding carboxylic acids is 1. The van der Waals surface area contributed by atoms with Gasteiger partial charge in [0.15, 0.2) is 11.6 Å². The fourth-order valence-corrected chi connectivity index (χ4v) is 3.59. The molecule has 0 spiro atoms. The first-order valence-electron chi connectivity index (χ1n) is 8.32. The molecule has 1 aliphatic carbocycles. The van der Waals surface area contributed by atoms with Crippen molar-refractivity contribution in [3.8, 4) is 11.6 Å². The smallest absolute Gasteiger partial charge is 0.274 e. The number of nitrogens with one attached hydrogen (secondary N) is 1. The average molecular weight is 353 g/mol. The Balaban J connectivity index is 0.00000208. The fourth-order valence-electron chi connectivity index (χ4n) is 3.59. The van der Waals surface area contributed by atoms with Gasteiger partial charge in [-0.05, 0) is 38.7 Å². The Morgan fingerprint density at radius 2 is 2.04 bits per heavy atom. The molecule has 0 bridgehead atoms. The van der Waals surface area contributed by atoms with E-state index < -0.39 is 5.54 Å². The molecule has 0 amide bonds. The second-order valence-corrected chi connectivity index (χ2v) is 6.57. The largest absolute Gasteiger partial charge is 0.354 e. The lowest BCUT2D eigenvalue weighted by Crippen LogP contribution is -2.34. The number of aryl methyl sites for hydroxylation is 1. The van der Waals surface area contributed by atoms with Crippen LogP contribution in [-0.2, 0) is 12.0 Å². The Morgan fingerprint density at radius 1 is 1.38 bits per heavy atom. The molecule has 2 aromatic heterocycles. The topological polar surface area (TPSA) is 97.8 Å². The third kappa shape index (κ3) is 3.13. The van der Waals surface area contributed by atoms with Gasteiger partial charge in [0.1, 0.15) is 5.69 Å². The molecule has 132 valence electrons. The zero-order valence-corrected chi connectivity index (χ0v) is 15.3. The maximum atomic E-state index is 12.0. The number of nitrogens with two attached hydrogens (primary N) is 1. The number of aromatic amines is 1. The third-order valence-corrected chi connectivity index (χ3v) is 4.72. The molecule has 2 aromatic rings. The second kappa shape index (κ2) is 7.07. The van der Waals surface area contributed by atoms with E-state index >= 15 is 0 Å². The molecule has 0 unspecified atom stereocenters. The van der Waals surface area contributed by atoms with E-state index in [0.29, 0.717) is 11.7 Å². The zero-order valence-electron chi connectivity index (χ0n) is 14.4. The molecule has 7 heteroatoms. The van der Waals surface area contributed by atoms with E-state index in [2.05, 4.69) is 22.0 Å². The molecule has 0 radical (unpaired) electrons. The summed E-state index contributed by atoms with van der Waals surface area (Å²) in [7, 11) is 0. The van der Waals surface area contributed by atoms with Crippen LogP contribution in [-0.4, -0.2) is 20.9 Å². The summed E-state index contributed by atoms with van der Waals surface area (Å²) in [6, 6.07) is 0. The van der Waals surface area contributed by atoms with Crippen molar-refractivity contribution in [3.63, 3.8) is 0 Å². The summed E-state index contributed by atoms with van der Waals surface area (Å²) in [4.78, 5) is 19.8. The lowest BCUT2D eigenvalue weighted by atomic mass is 9.98. The predicted molar refractivity (Wildman–Crippen MR) is 94.4 cm³/mol. The molecule has 1 saturated carbocycles. The van der Waals surface area contributed by atoms with E-state index in [1.54, 1.807) is 6.92 Å². The molecular weight excluding hydrogens is 328 g/mol. The SMILES string of the molecule is CCCc1c(-c2nc(C3(N)CCCC3)no2)[nH]c(C)c1C(C)=O.Cl. The van der Waals surface area contributed by atoms with Gasteiger partial charge in [-0.1, -0.05) is 31.3 Å². The minimum Gasteiger partial charge on any atom is -0.354 e. The van der Waals surface area contributed by atoms with Crippen LogP contribution >= 0.6 is 12.4 Å². The van der Waals surface area contributed by atoms with Crippen LogP contribution in [0.3, 0.4) is 0 Å². The third-order valence-electron chi connectivity index (χ3n) is 4.72. The van der Waals surface area contributed by atoms with E-state index in [9.17, 15) is 4.79 Å². The number of rotatable bonds is 5. The molecule has 0 aliphatic heterocycles. The van der Waals surface area contributed by atoms with Gasteiger partial charge in [-0.15, -0.1) is 12.4 Å². The number of aromatic nitrogens is 3. The molecule has 1 aliphatic rings. The van der Waals surface area contributed by atoms with Gasteiger partial charge in [0.05, 0.1) is 5.54 Å². The van der Waals surface area contributed by atoms with Gasteiger partial charge in [-0.3, -0.25) is 4.79 Å². The summed E-state index contributed by atoms with van der Waals surface area (Å²) in [6.07, 6.45) is 5.69. The second-order valence-electron chi connectivity index (χ2n) is 6.57. The first kappa shape index (κ1) is 18.7. The Kier molecular flexibility index (Phi) is 5.50. The molecule has 1 fully saturated rings. The van der Waals surface area contributed by atoms with Crippen molar-refractivity contribution in [3.05, 3.63) is 22.6 Å². The number of carbonyl (C=O) groups is 1. The minimum absolute atomic E-state index is 0. The monoisotopic (exact) mass is 352 g/mol. The standard InChI is InChI=1S/C17H24N4O2.ClH/c1-4-7-12-13(11(3)22)10(2)19-14(12)15-20-16(21-23-15)17(18)8-5-6-9-17;/h19H,4-9,18H2,1-3H3;1H. The highest BCUT2D eigenvalue weighted by Gasteiger charge is 2.36. The highest BCUT2D eigenvalue weighted by Crippen LogP contribution is 2.36. The molecule has 3 rings (SSSR count). The first-order valence-corrected chi connectivity index (χ1v) is 8.32. The molecule has 6 nitrogen and oxygen atoms in total. The van der Waals surface area contributed by atoms with Crippen molar-refractivity contribution in [1.82, 2.24) is 15.1 Å². The van der Waals surface area contributed by atoms with Crippen molar-refractivity contribution in [2.24, 2.45) is 5.73 Å². The Hall–Kier alpha value is -1.66. The highest BCUT2D eigenvalue weighted by atomic mass is 35.5. The zero-order chi connectivity index (χ0) is 16.6. The number of H-pyrrole nitrogens is 1. The fraction of sp³-hybridized carbons (Fsp3) is 0.588. The number of halogens is 1. The van der Waals surface area contributed by atoms with Crippen LogP contribution in [0.2, 0.25) is 0 Å². The van der Waals surface area contributed by atoms with Gasteiger partial charge in [0, 0.05) is 11.3 Å². The van der Waals surface area contributed by atoms with Crippen LogP contribution in [0.25, 0.3) is 11.6 Å². The van der Waals surface area contributed by atoms with Gasteiger partial charge in [-0.25, -0.2) is 0 Å². The van der Waals surface area contributed by atoms with Crippen LogP contribution in [0.15, 0.2) is 4.52 Å². The molecule has 0 saturated heterocycles. The van der Waals surface area contributed by atoms with Gasteiger partial charge in [-0.2, -0.15) is 4.98 Å². The maximum Gasteiger partial charge on any atom is 0.274 e. The van der Waals surface area contributed by atoms with Crippen LogP contribution in [0, 0.1) is 6.92 Å². The van der Waals surface area contributed by atoms with Crippen LogP contribution in [0.1, 0.15) is 73.4 Å². The lowest BCUT2D eigenvalue weighted by Gasteiger charge is -2.17. The van der Waals surface area contributed by atoms with Crippen molar-refractivity contribution in [2.45, 2.75) is 64.8 Å². The minimum atomic E-state index is -0.474. The highest BCUT2D eigenvalue weighted by molar-refractivity contribution is 5.98. The normalized spacial score (nSPS) is 16.2. The summed E-state index contributed by atoms with van der Waals surface area (Å²) in [5.74, 6) is 1.05. The van der Waals surface area contributed by atoms with Crippen LogP contribution < -0.4 is 5.73 Å². The number of ketones is 1. The number of Topliss-reactive ketones (excluding diaryl/α,β-unsaturated/α-hetero) is 1. The van der Waals surface area contributed by atoms with Crippen molar-refractivity contribution >= 4 is 18.2 Å².